The van der Waals surface area contributed by atoms with Crippen LogP contribution in [0.3, 0.4) is 0 Å². The van der Waals surface area contributed by atoms with Gasteiger partial charge in [0.15, 0.2) is 0 Å². The molecule has 1 aromatic rings. The van der Waals surface area contributed by atoms with E-state index in [4.69, 9.17) is 4.74 Å². The number of ether oxygens (including phenoxy) is 1. The molecule has 0 radical (unpaired) electrons. The molecule has 1 heterocycles. The van der Waals surface area contributed by atoms with E-state index < -0.39 is 6.10 Å². The Morgan fingerprint density at radius 3 is 2.80 bits per heavy atom. The Kier molecular flexibility index (Phi) is 4.69. The van der Waals surface area contributed by atoms with Gasteiger partial charge in [-0.25, -0.2) is 4.79 Å². The van der Waals surface area contributed by atoms with Crippen LogP contribution in [0.1, 0.15) is 62.1 Å². The Bertz CT molecular complexity index is 622. The predicted molar refractivity (Wildman–Crippen MR) is 95.4 cm³/mol. The third-order valence-electron chi connectivity index (χ3n) is 6.08. The molecule has 1 aromatic carbocycles. The maximum Gasteiger partial charge on any atom is 0.315 e. The summed E-state index contributed by atoms with van der Waals surface area (Å²) >= 11 is 0. The Morgan fingerprint density at radius 2 is 1.96 bits per heavy atom. The van der Waals surface area contributed by atoms with Gasteiger partial charge in [-0.1, -0.05) is 43.5 Å². The molecule has 1 aliphatic heterocycles. The first kappa shape index (κ1) is 16.9. The molecule has 3 aliphatic rings. The monoisotopic (exact) mass is 344 g/mol. The van der Waals surface area contributed by atoms with Crippen molar-refractivity contribution in [3.63, 3.8) is 0 Å². The minimum atomic E-state index is -0.553. The number of carbonyl (C=O) groups excluding carboxylic acids is 1. The molecule has 3 N–H and O–H groups in total. The molecule has 0 bridgehead atoms. The summed E-state index contributed by atoms with van der Waals surface area (Å²) in [6.07, 6.45) is 7.78. The highest BCUT2D eigenvalue weighted by Crippen LogP contribution is 2.38. The van der Waals surface area contributed by atoms with Crippen molar-refractivity contribution >= 4 is 6.03 Å². The van der Waals surface area contributed by atoms with Gasteiger partial charge < -0.3 is 20.5 Å². The molecular formula is C20H28N2O3. The predicted octanol–water partition coefficient (Wildman–Crippen LogP) is 2.83. The zero-order valence-electron chi connectivity index (χ0n) is 14.7. The van der Waals surface area contributed by atoms with E-state index >= 15 is 0 Å². The summed E-state index contributed by atoms with van der Waals surface area (Å²) in [5, 5.41) is 16.4. The molecule has 1 saturated carbocycles. The summed E-state index contributed by atoms with van der Waals surface area (Å²) in [6.45, 7) is 0.722. The molecule has 25 heavy (non-hydrogen) atoms. The summed E-state index contributed by atoms with van der Waals surface area (Å²) in [6, 6.07) is 7.58. The van der Waals surface area contributed by atoms with Gasteiger partial charge in [0, 0.05) is 19.1 Å². The lowest BCUT2D eigenvalue weighted by atomic mass is 9.78. The molecule has 2 fully saturated rings. The largest absolute Gasteiger partial charge is 0.390 e. The van der Waals surface area contributed by atoms with Crippen molar-refractivity contribution in [2.45, 2.75) is 75.2 Å². The number of rotatable bonds is 2. The van der Waals surface area contributed by atoms with Gasteiger partial charge in [0.1, 0.15) is 0 Å². The fourth-order valence-electron chi connectivity index (χ4n) is 4.81. The van der Waals surface area contributed by atoms with Gasteiger partial charge in [0.2, 0.25) is 0 Å². The van der Waals surface area contributed by atoms with E-state index in [1.165, 1.54) is 19.3 Å². The molecule has 2 aliphatic carbocycles. The molecule has 0 aromatic heterocycles. The number of aliphatic hydroxyl groups excluding tert-OH is 1. The number of aliphatic hydroxyl groups is 1. The number of carbonyl (C=O) groups is 1. The normalized spacial score (nSPS) is 30.7. The third-order valence-corrected chi connectivity index (χ3v) is 6.08. The Labute approximate surface area is 149 Å². The number of amides is 2. The second-order valence-corrected chi connectivity index (χ2v) is 7.85. The molecule has 1 saturated heterocycles. The van der Waals surface area contributed by atoms with Crippen molar-refractivity contribution in [2.24, 2.45) is 0 Å². The molecule has 5 heteroatoms. The van der Waals surface area contributed by atoms with Gasteiger partial charge in [0.05, 0.1) is 17.7 Å². The van der Waals surface area contributed by atoms with E-state index in [-0.39, 0.29) is 23.7 Å². The smallest absolute Gasteiger partial charge is 0.315 e. The minimum absolute atomic E-state index is 0.0199. The first-order valence-electron chi connectivity index (χ1n) is 9.62. The number of urea groups is 1. The van der Waals surface area contributed by atoms with Crippen molar-refractivity contribution in [3.05, 3.63) is 35.4 Å². The number of benzene rings is 1. The maximum absolute atomic E-state index is 12.5. The molecule has 0 unspecified atom stereocenters. The van der Waals surface area contributed by atoms with Crippen LogP contribution in [0.4, 0.5) is 4.79 Å². The quantitative estimate of drug-likeness (QED) is 0.773. The van der Waals surface area contributed by atoms with Gasteiger partial charge in [-0.3, -0.25) is 0 Å². The SMILES string of the molecule is O=C(N[C@H]1CCOC2(CCCCC2)C1)N[C@H]1c2ccccc2C[C@H]1O. The molecule has 136 valence electrons. The van der Waals surface area contributed by atoms with Gasteiger partial charge in [-0.05, 0) is 36.8 Å². The highest BCUT2D eigenvalue weighted by molar-refractivity contribution is 5.75. The lowest BCUT2D eigenvalue weighted by Gasteiger charge is -2.43. The van der Waals surface area contributed by atoms with E-state index in [1.807, 2.05) is 24.3 Å². The average Bonchev–Trinajstić information content (AvgIpc) is 2.91. The van der Waals surface area contributed by atoms with Crippen LogP contribution in [-0.4, -0.2) is 35.5 Å². The summed E-state index contributed by atoms with van der Waals surface area (Å²) in [4.78, 5) is 12.5. The van der Waals surface area contributed by atoms with Crippen molar-refractivity contribution in [2.75, 3.05) is 6.61 Å². The zero-order chi connectivity index (χ0) is 17.3. The molecule has 1 spiro atoms. The molecule has 5 nitrogen and oxygen atoms in total. The van der Waals surface area contributed by atoms with E-state index in [0.717, 1.165) is 43.4 Å². The average molecular weight is 344 g/mol. The Morgan fingerprint density at radius 1 is 1.16 bits per heavy atom. The molecular weight excluding hydrogens is 316 g/mol. The van der Waals surface area contributed by atoms with Crippen molar-refractivity contribution in [1.82, 2.24) is 10.6 Å². The highest BCUT2D eigenvalue weighted by atomic mass is 16.5. The van der Waals surface area contributed by atoms with E-state index in [2.05, 4.69) is 10.6 Å². The topological polar surface area (TPSA) is 70.6 Å². The van der Waals surface area contributed by atoms with Crippen LogP contribution in [0.15, 0.2) is 24.3 Å². The lowest BCUT2D eigenvalue weighted by molar-refractivity contribution is -0.107. The van der Waals surface area contributed by atoms with Crippen LogP contribution in [0.5, 0.6) is 0 Å². The number of nitrogens with one attached hydrogen (secondary N) is 2. The maximum atomic E-state index is 12.5. The van der Waals surface area contributed by atoms with Crippen LogP contribution < -0.4 is 10.6 Å². The van der Waals surface area contributed by atoms with E-state index in [0.29, 0.717) is 6.42 Å². The first-order valence-corrected chi connectivity index (χ1v) is 9.62. The van der Waals surface area contributed by atoms with Crippen LogP contribution in [-0.2, 0) is 11.2 Å². The standard InChI is InChI=1S/C20H28N2O3/c23-17-12-14-6-2-3-7-16(14)18(17)22-19(24)21-15-8-11-25-20(13-15)9-4-1-5-10-20/h2-3,6-7,15,17-18,23H,1,4-5,8-13H2,(H2,21,22,24)/t15-,17+,18-/m0/s1. The minimum Gasteiger partial charge on any atom is -0.390 e. The van der Waals surface area contributed by atoms with Crippen LogP contribution in [0.25, 0.3) is 0 Å². The van der Waals surface area contributed by atoms with Crippen molar-refractivity contribution in [1.29, 1.82) is 0 Å². The molecule has 2 amide bonds. The Balaban J connectivity index is 1.36. The number of hydrogen-bond acceptors (Lipinski definition) is 3. The summed E-state index contributed by atoms with van der Waals surface area (Å²) in [5.74, 6) is 0. The number of hydrogen-bond donors (Lipinski definition) is 3. The summed E-state index contributed by atoms with van der Waals surface area (Å²) in [5.41, 5.74) is 2.13. The van der Waals surface area contributed by atoms with Crippen molar-refractivity contribution in [3.8, 4) is 0 Å². The second-order valence-electron chi connectivity index (χ2n) is 7.85. The van der Waals surface area contributed by atoms with Crippen LogP contribution >= 0.6 is 0 Å². The third kappa shape index (κ3) is 3.53. The van der Waals surface area contributed by atoms with Gasteiger partial charge in [-0.15, -0.1) is 0 Å². The van der Waals surface area contributed by atoms with Crippen LogP contribution in [0.2, 0.25) is 0 Å². The number of fused-ring (bicyclic) bond motifs is 1. The fraction of sp³-hybridized carbons (Fsp3) is 0.650. The first-order chi connectivity index (χ1) is 12.2. The van der Waals surface area contributed by atoms with E-state index in [1.54, 1.807) is 0 Å². The van der Waals surface area contributed by atoms with Gasteiger partial charge >= 0.3 is 6.03 Å². The van der Waals surface area contributed by atoms with Crippen molar-refractivity contribution < 1.29 is 14.6 Å². The van der Waals surface area contributed by atoms with Gasteiger partial charge in [0.25, 0.3) is 0 Å². The highest BCUT2D eigenvalue weighted by Gasteiger charge is 2.39. The van der Waals surface area contributed by atoms with Gasteiger partial charge in [-0.2, -0.15) is 0 Å². The Hall–Kier alpha value is -1.59. The van der Waals surface area contributed by atoms with E-state index in [9.17, 15) is 9.90 Å². The molecule has 3 atom stereocenters. The summed E-state index contributed by atoms with van der Waals surface area (Å²) < 4.78 is 6.10. The molecule has 4 rings (SSSR count). The van der Waals surface area contributed by atoms with Crippen LogP contribution in [0, 0.1) is 0 Å². The fourth-order valence-corrected chi connectivity index (χ4v) is 4.81. The summed E-state index contributed by atoms with van der Waals surface area (Å²) in [7, 11) is 0. The second kappa shape index (κ2) is 6.96. The zero-order valence-corrected chi connectivity index (χ0v) is 14.7. The lowest BCUT2D eigenvalue weighted by Crippen LogP contribution is -2.52.